The molecule has 6 nitrogen and oxygen atoms in total. The Morgan fingerprint density at radius 3 is 2.48 bits per heavy atom. The molecule has 1 saturated heterocycles. The van der Waals surface area contributed by atoms with Crippen molar-refractivity contribution in [3.63, 3.8) is 0 Å². The number of nitrogens with one attached hydrogen (secondary N) is 1. The van der Waals surface area contributed by atoms with Crippen molar-refractivity contribution in [3.8, 4) is 5.75 Å². The van der Waals surface area contributed by atoms with Crippen molar-refractivity contribution in [3.05, 3.63) is 65.7 Å². The number of rotatable bonds is 6. The second kappa shape index (κ2) is 10.5. The van der Waals surface area contributed by atoms with Crippen LogP contribution in [0.4, 0.5) is 0 Å². The number of methoxy groups -OCH3 is 1. The molecule has 1 aliphatic rings. The molecule has 0 atom stereocenters. The molecule has 1 N–H and O–H groups in total. The summed E-state index contributed by atoms with van der Waals surface area (Å²) in [7, 11) is 3.24. The van der Waals surface area contributed by atoms with Crippen LogP contribution in [0.25, 0.3) is 0 Å². The fraction of sp³-hybridized carbons (Fsp3) is 0.391. The lowest BCUT2D eigenvalue weighted by Gasteiger charge is -2.33. The van der Waals surface area contributed by atoms with E-state index in [0.29, 0.717) is 13.2 Å². The first-order valence-corrected chi connectivity index (χ1v) is 9.99. The highest BCUT2D eigenvalue weighted by Gasteiger charge is 2.26. The molecule has 1 aliphatic heterocycles. The van der Waals surface area contributed by atoms with E-state index in [9.17, 15) is 4.79 Å². The quantitative estimate of drug-likeness (QED) is 0.462. The molecular weight excluding hydrogens is 366 g/mol. The van der Waals surface area contributed by atoms with Crippen molar-refractivity contribution in [1.29, 1.82) is 0 Å². The van der Waals surface area contributed by atoms with Gasteiger partial charge in [-0.2, -0.15) is 0 Å². The minimum absolute atomic E-state index is 0.0125. The number of carbonyl (C=O) groups is 1. The SMILES string of the molecule is CN=C(NCc1ccccc1OCc1ccccc1)N1CCC(C(=O)OC)CC1. The first-order valence-electron chi connectivity index (χ1n) is 9.99. The van der Waals surface area contributed by atoms with Crippen molar-refractivity contribution >= 4 is 11.9 Å². The van der Waals surface area contributed by atoms with E-state index in [0.717, 1.165) is 48.8 Å². The molecule has 0 radical (unpaired) electrons. The maximum Gasteiger partial charge on any atom is 0.308 e. The Hall–Kier alpha value is -3.02. The Morgan fingerprint density at radius 2 is 1.79 bits per heavy atom. The number of guanidine groups is 1. The van der Waals surface area contributed by atoms with Crippen molar-refractivity contribution in [2.75, 3.05) is 27.2 Å². The average Bonchev–Trinajstić information content (AvgIpc) is 2.79. The molecule has 0 amide bonds. The van der Waals surface area contributed by atoms with Gasteiger partial charge in [0.25, 0.3) is 0 Å². The fourth-order valence-electron chi connectivity index (χ4n) is 3.53. The van der Waals surface area contributed by atoms with Gasteiger partial charge < -0.3 is 19.7 Å². The summed E-state index contributed by atoms with van der Waals surface area (Å²) < 4.78 is 10.9. The van der Waals surface area contributed by atoms with Crippen LogP contribution in [0.3, 0.4) is 0 Å². The van der Waals surface area contributed by atoms with Crippen LogP contribution in [-0.4, -0.2) is 44.1 Å². The van der Waals surface area contributed by atoms with E-state index in [1.165, 1.54) is 7.11 Å². The van der Waals surface area contributed by atoms with E-state index < -0.39 is 0 Å². The summed E-state index contributed by atoms with van der Waals surface area (Å²) in [5, 5.41) is 3.43. The summed E-state index contributed by atoms with van der Waals surface area (Å²) in [6, 6.07) is 18.2. The number of carbonyl (C=O) groups excluding carboxylic acids is 1. The molecule has 29 heavy (non-hydrogen) atoms. The molecule has 0 bridgehead atoms. The van der Waals surface area contributed by atoms with E-state index >= 15 is 0 Å². The largest absolute Gasteiger partial charge is 0.489 e. The predicted octanol–water partition coefficient (Wildman–Crippen LogP) is 3.23. The Balaban J connectivity index is 1.55. The van der Waals surface area contributed by atoms with Crippen LogP contribution in [0.15, 0.2) is 59.6 Å². The summed E-state index contributed by atoms with van der Waals surface area (Å²) in [5.74, 6) is 1.58. The molecule has 3 rings (SSSR count). The van der Waals surface area contributed by atoms with Crippen molar-refractivity contribution in [1.82, 2.24) is 10.2 Å². The molecule has 2 aromatic carbocycles. The number of piperidine rings is 1. The van der Waals surface area contributed by atoms with Crippen LogP contribution >= 0.6 is 0 Å². The van der Waals surface area contributed by atoms with Crippen LogP contribution in [0.5, 0.6) is 5.75 Å². The lowest BCUT2D eigenvalue weighted by molar-refractivity contribution is -0.146. The van der Waals surface area contributed by atoms with E-state index in [1.807, 2.05) is 36.4 Å². The highest BCUT2D eigenvalue weighted by atomic mass is 16.5. The molecule has 1 fully saturated rings. The van der Waals surface area contributed by atoms with E-state index in [4.69, 9.17) is 9.47 Å². The Bertz CT molecular complexity index is 815. The molecular formula is C23H29N3O3. The van der Waals surface area contributed by atoms with Crippen molar-refractivity contribution in [2.45, 2.75) is 26.0 Å². The fourth-order valence-corrected chi connectivity index (χ4v) is 3.53. The number of benzene rings is 2. The summed E-state index contributed by atoms with van der Waals surface area (Å²) in [6.45, 7) is 2.72. The lowest BCUT2D eigenvalue weighted by Crippen LogP contribution is -2.46. The van der Waals surface area contributed by atoms with Gasteiger partial charge in [0.05, 0.1) is 13.0 Å². The topological polar surface area (TPSA) is 63.2 Å². The molecule has 0 saturated carbocycles. The zero-order chi connectivity index (χ0) is 20.5. The summed E-state index contributed by atoms with van der Waals surface area (Å²) in [5.41, 5.74) is 2.22. The highest BCUT2D eigenvalue weighted by molar-refractivity contribution is 5.80. The van der Waals surface area contributed by atoms with Crippen molar-refractivity contribution < 1.29 is 14.3 Å². The number of likely N-dealkylation sites (tertiary alicyclic amines) is 1. The Labute approximate surface area is 172 Å². The minimum atomic E-state index is -0.114. The lowest BCUT2D eigenvalue weighted by atomic mass is 9.97. The number of aliphatic imine (C=N–C) groups is 1. The summed E-state index contributed by atoms with van der Waals surface area (Å²) in [4.78, 5) is 18.3. The van der Waals surface area contributed by atoms with Gasteiger partial charge in [-0.3, -0.25) is 9.79 Å². The van der Waals surface area contributed by atoms with Crippen LogP contribution in [0.1, 0.15) is 24.0 Å². The molecule has 0 unspecified atom stereocenters. The van der Waals surface area contributed by atoms with Gasteiger partial charge in [0, 0.05) is 32.2 Å². The number of hydrogen-bond acceptors (Lipinski definition) is 4. The van der Waals surface area contributed by atoms with Gasteiger partial charge in [-0.25, -0.2) is 0 Å². The van der Waals surface area contributed by atoms with Gasteiger partial charge in [0.2, 0.25) is 0 Å². The van der Waals surface area contributed by atoms with Gasteiger partial charge >= 0.3 is 5.97 Å². The average molecular weight is 396 g/mol. The van der Waals surface area contributed by atoms with Crippen molar-refractivity contribution in [2.24, 2.45) is 10.9 Å². The maximum absolute atomic E-state index is 11.7. The van der Waals surface area contributed by atoms with Gasteiger partial charge in [-0.1, -0.05) is 48.5 Å². The number of esters is 1. The third-order valence-corrected chi connectivity index (χ3v) is 5.19. The smallest absolute Gasteiger partial charge is 0.308 e. The highest BCUT2D eigenvalue weighted by Crippen LogP contribution is 2.21. The van der Waals surface area contributed by atoms with Gasteiger partial charge in [0.15, 0.2) is 5.96 Å². The molecule has 0 spiro atoms. The number of para-hydroxylation sites is 1. The Morgan fingerprint density at radius 1 is 1.10 bits per heavy atom. The van der Waals surface area contributed by atoms with E-state index in [2.05, 4.69) is 33.4 Å². The second-order valence-corrected chi connectivity index (χ2v) is 7.07. The normalized spacial score (nSPS) is 15.1. The van der Waals surface area contributed by atoms with Crippen LogP contribution in [-0.2, 0) is 22.7 Å². The van der Waals surface area contributed by atoms with Crippen LogP contribution in [0.2, 0.25) is 0 Å². The third-order valence-electron chi connectivity index (χ3n) is 5.19. The number of nitrogens with zero attached hydrogens (tertiary/aromatic N) is 2. The second-order valence-electron chi connectivity index (χ2n) is 7.07. The minimum Gasteiger partial charge on any atom is -0.489 e. The summed E-state index contributed by atoms with van der Waals surface area (Å²) in [6.07, 6.45) is 1.56. The van der Waals surface area contributed by atoms with E-state index in [1.54, 1.807) is 7.05 Å². The number of hydrogen-bond donors (Lipinski definition) is 1. The summed E-state index contributed by atoms with van der Waals surface area (Å²) >= 11 is 0. The van der Waals surface area contributed by atoms with Crippen LogP contribution in [0, 0.1) is 5.92 Å². The molecule has 154 valence electrons. The van der Waals surface area contributed by atoms with Gasteiger partial charge in [0.1, 0.15) is 12.4 Å². The van der Waals surface area contributed by atoms with Crippen LogP contribution < -0.4 is 10.1 Å². The zero-order valence-corrected chi connectivity index (χ0v) is 17.1. The zero-order valence-electron chi connectivity index (χ0n) is 17.1. The molecule has 2 aromatic rings. The Kier molecular flexibility index (Phi) is 7.50. The molecule has 0 aromatic heterocycles. The molecule has 0 aliphatic carbocycles. The molecule has 6 heteroatoms. The third kappa shape index (κ3) is 5.73. The first-order chi connectivity index (χ1) is 14.2. The monoisotopic (exact) mass is 395 g/mol. The first kappa shape index (κ1) is 20.7. The van der Waals surface area contributed by atoms with E-state index in [-0.39, 0.29) is 11.9 Å². The van der Waals surface area contributed by atoms with Gasteiger partial charge in [-0.15, -0.1) is 0 Å². The predicted molar refractivity (Wildman–Crippen MR) is 114 cm³/mol. The van der Waals surface area contributed by atoms with Gasteiger partial charge in [-0.05, 0) is 24.5 Å². The number of ether oxygens (including phenoxy) is 2. The molecule has 1 heterocycles. The standard InChI is InChI=1S/C23H29N3O3/c1-24-23(26-14-12-19(13-15-26)22(27)28-2)25-16-20-10-6-7-11-21(20)29-17-18-8-4-3-5-9-18/h3-11,19H,12-17H2,1-2H3,(H,24,25). The maximum atomic E-state index is 11.7.